The lowest BCUT2D eigenvalue weighted by atomic mass is 10.0. The SMILES string of the molecule is CCNC(=O)c1cccc(-c2ccn3c(-c4cccc(NC(=O)NCC(F)(F)F)c4)cnc3c2)c1. The standard InChI is InChI=1S/C25H22F3N5O2/c1-2-29-23(34)19-7-3-5-16(11-19)17-9-10-33-21(14-30-22(33)13-17)18-6-4-8-20(12-18)32-24(35)31-15-25(26,27)28/h3-14H,2,15H2,1H3,(H,29,34)(H2,31,32,35). The van der Waals surface area contributed by atoms with Crippen molar-refractivity contribution in [2.45, 2.75) is 13.1 Å². The molecule has 7 nitrogen and oxygen atoms in total. The van der Waals surface area contributed by atoms with Crippen LogP contribution < -0.4 is 16.0 Å². The van der Waals surface area contributed by atoms with Crippen molar-refractivity contribution in [3.63, 3.8) is 0 Å². The smallest absolute Gasteiger partial charge is 0.352 e. The van der Waals surface area contributed by atoms with Gasteiger partial charge < -0.3 is 16.0 Å². The van der Waals surface area contributed by atoms with Crippen molar-refractivity contribution in [3.8, 4) is 22.4 Å². The van der Waals surface area contributed by atoms with E-state index in [9.17, 15) is 22.8 Å². The van der Waals surface area contributed by atoms with Crippen LogP contribution in [0.15, 0.2) is 73.1 Å². The van der Waals surface area contributed by atoms with Gasteiger partial charge in [-0.3, -0.25) is 9.20 Å². The molecule has 180 valence electrons. The van der Waals surface area contributed by atoms with Crippen LogP contribution >= 0.6 is 0 Å². The molecule has 10 heteroatoms. The molecule has 2 heterocycles. The molecule has 0 unspecified atom stereocenters. The van der Waals surface area contributed by atoms with Gasteiger partial charge in [-0.25, -0.2) is 9.78 Å². The van der Waals surface area contributed by atoms with Gasteiger partial charge in [0.1, 0.15) is 12.2 Å². The number of aromatic nitrogens is 2. The second kappa shape index (κ2) is 9.88. The number of carbonyl (C=O) groups is 2. The Labute approximate surface area is 199 Å². The fourth-order valence-electron chi connectivity index (χ4n) is 3.59. The molecule has 2 aromatic heterocycles. The predicted molar refractivity (Wildman–Crippen MR) is 127 cm³/mol. The Morgan fingerprint density at radius 3 is 2.46 bits per heavy atom. The van der Waals surface area contributed by atoms with Crippen molar-refractivity contribution in [3.05, 3.63) is 78.6 Å². The number of amides is 3. The summed E-state index contributed by atoms with van der Waals surface area (Å²) >= 11 is 0. The van der Waals surface area contributed by atoms with Crippen molar-refractivity contribution >= 4 is 23.3 Å². The fraction of sp³-hybridized carbons (Fsp3) is 0.160. The summed E-state index contributed by atoms with van der Waals surface area (Å²) < 4.78 is 38.8. The van der Waals surface area contributed by atoms with Crippen LogP contribution in [0.4, 0.5) is 23.7 Å². The van der Waals surface area contributed by atoms with Gasteiger partial charge in [0.25, 0.3) is 5.91 Å². The lowest BCUT2D eigenvalue weighted by Crippen LogP contribution is -2.36. The molecule has 0 atom stereocenters. The minimum Gasteiger partial charge on any atom is -0.352 e. The maximum absolute atomic E-state index is 12.3. The highest BCUT2D eigenvalue weighted by Crippen LogP contribution is 2.27. The van der Waals surface area contributed by atoms with E-state index in [1.54, 1.807) is 35.8 Å². The van der Waals surface area contributed by atoms with Crippen molar-refractivity contribution in [1.29, 1.82) is 0 Å². The maximum atomic E-state index is 12.3. The molecular formula is C25H22F3N5O2. The zero-order valence-corrected chi connectivity index (χ0v) is 18.7. The van der Waals surface area contributed by atoms with Crippen LogP contribution in [0.2, 0.25) is 0 Å². The first-order valence-electron chi connectivity index (χ1n) is 10.8. The van der Waals surface area contributed by atoms with E-state index >= 15 is 0 Å². The van der Waals surface area contributed by atoms with Crippen LogP contribution in [0.5, 0.6) is 0 Å². The molecule has 0 bridgehead atoms. The number of imidazole rings is 1. The summed E-state index contributed by atoms with van der Waals surface area (Å²) in [7, 11) is 0. The van der Waals surface area contributed by atoms with Crippen LogP contribution in [-0.2, 0) is 0 Å². The van der Waals surface area contributed by atoms with Crippen molar-refractivity contribution in [1.82, 2.24) is 20.0 Å². The Bertz CT molecular complexity index is 1380. The van der Waals surface area contributed by atoms with Gasteiger partial charge in [0, 0.05) is 29.6 Å². The number of benzene rings is 2. The highest BCUT2D eigenvalue weighted by molar-refractivity contribution is 5.95. The maximum Gasteiger partial charge on any atom is 0.405 e. The van der Waals surface area contributed by atoms with Crippen LogP contribution in [0.25, 0.3) is 28.0 Å². The highest BCUT2D eigenvalue weighted by atomic mass is 19.4. The van der Waals surface area contributed by atoms with E-state index in [0.717, 1.165) is 22.4 Å². The Morgan fingerprint density at radius 1 is 0.943 bits per heavy atom. The number of nitrogens with one attached hydrogen (secondary N) is 3. The molecule has 4 aromatic rings. The molecule has 0 radical (unpaired) electrons. The lowest BCUT2D eigenvalue weighted by Gasteiger charge is -2.11. The van der Waals surface area contributed by atoms with Gasteiger partial charge in [0.2, 0.25) is 0 Å². The highest BCUT2D eigenvalue weighted by Gasteiger charge is 2.27. The Kier molecular flexibility index (Phi) is 6.72. The molecule has 0 saturated heterocycles. The second-order valence-corrected chi connectivity index (χ2v) is 7.73. The average molecular weight is 481 g/mol. The van der Waals surface area contributed by atoms with E-state index in [4.69, 9.17) is 0 Å². The molecule has 0 saturated carbocycles. The predicted octanol–water partition coefficient (Wildman–Crippen LogP) is 5.10. The van der Waals surface area contributed by atoms with Gasteiger partial charge in [0.15, 0.2) is 0 Å². The summed E-state index contributed by atoms with van der Waals surface area (Å²) in [4.78, 5) is 28.4. The number of urea groups is 1. The van der Waals surface area contributed by atoms with Gasteiger partial charge in [-0.1, -0.05) is 24.3 Å². The number of alkyl halides is 3. The van der Waals surface area contributed by atoms with E-state index in [1.807, 2.05) is 53.9 Å². The molecule has 0 spiro atoms. The van der Waals surface area contributed by atoms with Crippen LogP contribution in [0, 0.1) is 0 Å². The summed E-state index contributed by atoms with van der Waals surface area (Å²) in [5.74, 6) is -0.140. The third-order valence-electron chi connectivity index (χ3n) is 5.17. The number of halogens is 3. The first-order chi connectivity index (χ1) is 16.7. The molecule has 35 heavy (non-hydrogen) atoms. The number of hydrogen-bond donors (Lipinski definition) is 3. The van der Waals surface area contributed by atoms with Gasteiger partial charge in [-0.2, -0.15) is 13.2 Å². The summed E-state index contributed by atoms with van der Waals surface area (Å²) in [5.41, 5.74) is 4.79. The second-order valence-electron chi connectivity index (χ2n) is 7.73. The minimum absolute atomic E-state index is 0.140. The summed E-state index contributed by atoms with van der Waals surface area (Å²) in [5, 5.41) is 6.97. The van der Waals surface area contributed by atoms with E-state index < -0.39 is 18.8 Å². The molecule has 3 N–H and O–H groups in total. The van der Waals surface area contributed by atoms with Crippen molar-refractivity contribution in [2.75, 3.05) is 18.4 Å². The molecule has 3 amide bonds. The van der Waals surface area contributed by atoms with E-state index in [-0.39, 0.29) is 5.91 Å². The van der Waals surface area contributed by atoms with Crippen LogP contribution in [0.1, 0.15) is 17.3 Å². The summed E-state index contributed by atoms with van der Waals surface area (Å²) in [6.45, 7) is 0.987. The number of hydrogen-bond acceptors (Lipinski definition) is 3. The number of nitrogens with zero attached hydrogens (tertiary/aromatic N) is 2. The molecule has 0 fully saturated rings. The van der Waals surface area contributed by atoms with Crippen LogP contribution in [-0.4, -0.2) is 40.6 Å². The zero-order valence-electron chi connectivity index (χ0n) is 18.7. The topological polar surface area (TPSA) is 87.5 Å². The third-order valence-corrected chi connectivity index (χ3v) is 5.17. The Balaban J connectivity index is 1.57. The van der Waals surface area contributed by atoms with E-state index in [0.29, 0.717) is 23.4 Å². The minimum atomic E-state index is -4.49. The molecule has 0 aliphatic heterocycles. The van der Waals surface area contributed by atoms with Gasteiger partial charge in [-0.15, -0.1) is 0 Å². The number of anilines is 1. The molecule has 4 rings (SSSR count). The number of pyridine rings is 1. The number of carbonyl (C=O) groups excluding carboxylic acids is 2. The third kappa shape index (κ3) is 5.78. The number of fused-ring (bicyclic) bond motifs is 1. The summed E-state index contributed by atoms with van der Waals surface area (Å²) in [6, 6.07) is 16.9. The average Bonchev–Trinajstić information content (AvgIpc) is 3.26. The normalized spacial score (nSPS) is 11.3. The van der Waals surface area contributed by atoms with Crippen molar-refractivity contribution in [2.24, 2.45) is 0 Å². The van der Waals surface area contributed by atoms with Crippen molar-refractivity contribution < 1.29 is 22.8 Å². The van der Waals surface area contributed by atoms with Gasteiger partial charge in [0.05, 0.1) is 11.9 Å². The van der Waals surface area contributed by atoms with E-state index in [1.165, 1.54) is 0 Å². The molecule has 0 aliphatic rings. The Hall–Kier alpha value is -4.34. The van der Waals surface area contributed by atoms with Gasteiger partial charge >= 0.3 is 12.2 Å². The Morgan fingerprint density at radius 2 is 1.69 bits per heavy atom. The lowest BCUT2D eigenvalue weighted by molar-refractivity contribution is -0.122. The molecule has 2 aromatic carbocycles. The zero-order chi connectivity index (χ0) is 25.0. The summed E-state index contributed by atoms with van der Waals surface area (Å²) in [6.07, 6.45) is -0.965. The molecular weight excluding hydrogens is 459 g/mol. The van der Waals surface area contributed by atoms with Gasteiger partial charge in [-0.05, 0) is 54.4 Å². The molecule has 0 aliphatic carbocycles. The quantitative estimate of drug-likeness (QED) is 0.358. The fourth-order valence-corrected chi connectivity index (χ4v) is 3.59. The largest absolute Gasteiger partial charge is 0.405 e. The monoisotopic (exact) mass is 481 g/mol. The first-order valence-corrected chi connectivity index (χ1v) is 10.8. The number of rotatable bonds is 6. The van der Waals surface area contributed by atoms with E-state index in [2.05, 4.69) is 15.6 Å². The first kappa shape index (κ1) is 23.8. The van der Waals surface area contributed by atoms with Crippen LogP contribution in [0.3, 0.4) is 0 Å².